The van der Waals surface area contributed by atoms with E-state index in [1.807, 2.05) is 0 Å². The van der Waals surface area contributed by atoms with Gasteiger partial charge in [-0.3, -0.25) is 4.79 Å². The van der Waals surface area contributed by atoms with Gasteiger partial charge in [0.05, 0.1) is 24.2 Å². The second-order valence-corrected chi connectivity index (χ2v) is 10.9. The van der Waals surface area contributed by atoms with E-state index in [0.29, 0.717) is 4.90 Å². The molecular weight excluding hydrogens is 560 g/mol. The number of benzene rings is 1. The molecule has 0 heterocycles. The summed E-state index contributed by atoms with van der Waals surface area (Å²) < 4.78 is 55.9. The van der Waals surface area contributed by atoms with Crippen LogP contribution in [0.5, 0.6) is 0 Å². The van der Waals surface area contributed by atoms with E-state index in [2.05, 4.69) is 4.74 Å². The molecular formula is C25H31F2NO11S. The van der Waals surface area contributed by atoms with Crippen molar-refractivity contribution in [2.45, 2.75) is 56.4 Å². The molecule has 15 heteroatoms. The van der Waals surface area contributed by atoms with E-state index < -0.39 is 97.0 Å². The molecule has 1 aromatic rings. The molecule has 3 N–H and O–H groups in total. The predicted molar refractivity (Wildman–Crippen MR) is 131 cm³/mol. The number of nitrogens with two attached hydrogens (primary N) is 1. The van der Waals surface area contributed by atoms with Crippen LogP contribution in [0.2, 0.25) is 0 Å². The van der Waals surface area contributed by atoms with Gasteiger partial charge in [0.15, 0.2) is 11.6 Å². The Bertz CT molecular complexity index is 1120. The maximum absolute atomic E-state index is 13.7. The number of hydrogen-bond acceptors (Lipinski definition) is 13. The Hall–Kier alpha value is -3.17. The maximum atomic E-state index is 13.7. The maximum Gasteiger partial charge on any atom is 0.511 e. The normalized spacial score (nSPS) is 26.6. The molecule has 2 aliphatic carbocycles. The number of fused-ring (bicyclic) bond motifs is 1. The van der Waals surface area contributed by atoms with Crippen molar-refractivity contribution >= 4 is 36.0 Å². The van der Waals surface area contributed by atoms with Gasteiger partial charge in [-0.2, -0.15) is 0 Å². The molecule has 0 aromatic heterocycles. The first kappa shape index (κ1) is 31.4. The van der Waals surface area contributed by atoms with Gasteiger partial charge in [-0.05, 0) is 45.9 Å². The van der Waals surface area contributed by atoms with Crippen molar-refractivity contribution in [1.29, 1.82) is 0 Å². The first-order valence-electron chi connectivity index (χ1n) is 12.3. The average molecular weight is 592 g/mol. The number of thioether (sulfide) groups is 1. The number of esters is 2. The molecule has 6 atom stereocenters. The van der Waals surface area contributed by atoms with Crippen LogP contribution in [-0.2, 0) is 38.0 Å². The average Bonchev–Trinajstić information content (AvgIpc) is 3.56. The van der Waals surface area contributed by atoms with Gasteiger partial charge in [0.2, 0.25) is 13.6 Å². The summed E-state index contributed by atoms with van der Waals surface area (Å²) in [5, 5.41) is 11.1. The Labute approximate surface area is 232 Å². The van der Waals surface area contributed by atoms with Crippen molar-refractivity contribution < 1.29 is 61.5 Å². The summed E-state index contributed by atoms with van der Waals surface area (Å²) in [4.78, 5) is 49.3. The largest absolute Gasteiger partial charge is 0.511 e. The fourth-order valence-corrected chi connectivity index (χ4v) is 5.89. The molecule has 222 valence electrons. The Kier molecular flexibility index (Phi) is 10.2. The van der Waals surface area contributed by atoms with Crippen LogP contribution < -0.4 is 5.73 Å². The van der Waals surface area contributed by atoms with Crippen molar-refractivity contribution in [3.8, 4) is 0 Å². The van der Waals surface area contributed by atoms with E-state index >= 15 is 0 Å². The third kappa shape index (κ3) is 7.12. The van der Waals surface area contributed by atoms with Crippen LogP contribution in [0, 0.1) is 35.3 Å². The third-order valence-corrected chi connectivity index (χ3v) is 7.52. The minimum absolute atomic E-state index is 0.0347. The minimum atomic E-state index is -1.96. The standard InChI is InChI=1S/C25H31F2NO11S/c1-11(2)38-23(32)36-9-34-21(30)18-17-19(18)25(28,22(31)35-10-37-24(33)39-12(3)4)14(20(17)29)8-40-13-5-6-15(26)16(27)7-13/h5-7,11-12,14,17-20,29H,8-10,28H2,1-4H3. The molecule has 1 aromatic carbocycles. The first-order chi connectivity index (χ1) is 18.8. The van der Waals surface area contributed by atoms with Crippen molar-refractivity contribution in [3.05, 3.63) is 29.8 Å². The second-order valence-electron chi connectivity index (χ2n) is 9.80. The van der Waals surface area contributed by atoms with E-state index in [4.69, 9.17) is 29.4 Å². The van der Waals surface area contributed by atoms with Gasteiger partial charge in [-0.1, -0.05) is 0 Å². The highest BCUT2D eigenvalue weighted by molar-refractivity contribution is 7.99. The molecule has 6 unspecified atom stereocenters. The van der Waals surface area contributed by atoms with Crippen molar-refractivity contribution in [1.82, 2.24) is 0 Å². The molecule has 2 aliphatic rings. The summed E-state index contributed by atoms with van der Waals surface area (Å²) in [6, 6.07) is 3.21. The molecule has 2 fully saturated rings. The Morgan fingerprint density at radius 2 is 1.52 bits per heavy atom. The lowest BCUT2D eigenvalue weighted by molar-refractivity contribution is -0.165. The fraction of sp³-hybridized carbons (Fsp3) is 0.600. The SMILES string of the molecule is CC(C)OC(=O)OCOC(=O)C1C2C(O)C(CSc3ccc(F)c(F)c3)C(N)(C(=O)OCOC(=O)OC(C)C)C12. The van der Waals surface area contributed by atoms with Crippen LogP contribution in [0.15, 0.2) is 23.1 Å². The first-order valence-corrected chi connectivity index (χ1v) is 13.3. The Morgan fingerprint density at radius 1 is 0.950 bits per heavy atom. The van der Waals surface area contributed by atoms with Gasteiger partial charge >= 0.3 is 24.2 Å². The zero-order chi connectivity index (χ0) is 29.8. The fourth-order valence-electron chi connectivity index (χ4n) is 4.69. The monoisotopic (exact) mass is 591 g/mol. The lowest BCUT2D eigenvalue weighted by Crippen LogP contribution is -2.59. The van der Waals surface area contributed by atoms with Crippen molar-refractivity contribution in [2.75, 3.05) is 19.3 Å². The third-order valence-electron chi connectivity index (χ3n) is 6.40. The highest BCUT2D eigenvalue weighted by Crippen LogP contribution is 2.64. The summed E-state index contributed by atoms with van der Waals surface area (Å²) in [6.07, 6.45) is -4.38. The molecule has 0 aliphatic heterocycles. The Morgan fingerprint density at radius 3 is 2.08 bits per heavy atom. The highest BCUT2D eigenvalue weighted by Gasteiger charge is 2.78. The Balaban J connectivity index is 1.70. The van der Waals surface area contributed by atoms with E-state index in [0.717, 1.165) is 23.9 Å². The van der Waals surface area contributed by atoms with E-state index in [1.54, 1.807) is 27.7 Å². The molecule has 0 spiro atoms. The minimum Gasteiger partial charge on any atom is -0.431 e. The smallest absolute Gasteiger partial charge is 0.431 e. The van der Waals surface area contributed by atoms with Crippen LogP contribution in [0.1, 0.15) is 27.7 Å². The molecule has 0 amide bonds. The van der Waals surface area contributed by atoms with E-state index in [1.165, 1.54) is 6.07 Å². The number of carbonyl (C=O) groups excluding carboxylic acids is 4. The van der Waals surface area contributed by atoms with Crippen LogP contribution in [0.25, 0.3) is 0 Å². The van der Waals surface area contributed by atoms with Crippen molar-refractivity contribution in [2.24, 2.45) is 29.4 Å². The summed E-state index contributed by atoms with van der Waals surface area (Å²) in [6.45, 7) is 4.75. The number of aliphatic hydroxyl groups excluding tert-OH is 1. The van der Waals surface area contributed by atoms with Gasteiger partial charge < -0.3 is 39.3 Å². The van der Waals surface area contributed by atoms with Crippen LogP contribution in [-0.4, -0.2) is 72.5 Å². The van der Waals surface area contributed by atoms with E-state index in [-0.39, 0.29) is 5.75 Å². The number of hydrogen-bond donors (Lipinski definition) is 2. The number of aliphatic hydroxyl groups is 1. The van der Waals surface area contributed by atoms with Crippen LogP contribution in [0.3, 0.4) is 0 Å². The predicted octanol–water partition coefficient (Wildman–Crippen LogP) is 2.73. The number of halogens is 2. The molecule has 0 bridgehead atoms. The summed E-state index contributed by atoms with van der Waals surface area (Å²) in [5.41, 5.74) is 4.58. The molecule has 0 saturated heterocycles. The number of carbonyl (C=O) groups is 4. The summed E-state index contributed by atoms with van der Waals surface area (Å²) in [7, 11) is 0. The summed E-state index contributed by atoms with van der Waals surface area (Å²) >= 11 is 1.01. The highest BCUT2D eigenvalue weighted by atomic mass is 32.2. The van der Waals surface area contributed by atoms with Crippen LogP contribution in [0.4, 0.5) is 18.4 Å². The lowest BCUT2D eigenvalue weighted by Gasteiger charge is -2.34. The zero-order valence-electron chi connectivity index (χ0n) is 22.2. The lowest BCUT2D eigenvalue weighted by atomic mass is 9.81. The van der Waals surface area contributed by atoms with Crippen LogP contribution >= 0.6 is 11.8 Å². The molecule has 12 nitrogen and oxygen atoms in total. The molecule has 40 heavy (non-hydrogen) atoms. The zero-order valence-corrected chi connectivity index (χ0v) is 23.0. The molecule has 3 rings (SSSR count). The van der Waals surface area contributed by atoms with Gasteiger partial charge in [0.25, 0.3) is 0 Å². The summed E-state index contributed by atoms with van der Waals surface area (Å²) in [5.74, 6) is -7.89. The second kappa shape index (κ2) is 13.0. The van der Waals surface area contributed by atoms with Gasteiger partial charge in [0, 0.05) is 28.4 Å². The topological polar surface area (TPSA) is 170 Å². The number of rotatable bonds is 11. The molecule has 2 saturated carbocycles. The van der Waals surface area contributed by atoms with Gasteiger partial charge in [0.1, 0.15) is 5.54 Å². The van der Waals surface area contributed by atoms with Crippen molar-refractivity contribution in [3.63, 3.8) is 0 Å². The quantitative estimate of drug-likeness (QED) is 0.167. The van der Waals surface area contributed by atoms with Gasteiger partial charge in [-0.25, -0.2) is 23.2 Å². The number of ether oxygens (including phenoxy) is 6. The van der Waals surface area contributed by atoms with Gasteiger partial charge in [-0.15, -0.1) is 11.8 Å². The molecule has 0 radical (unpaired) electrons. The van der Waals surface area contributed by atoms with E-state index in [9.17, 15) is 33.1 Å².